The summed E-state index contributed by atoms with van der Waals surface area (Å²) >= 11 is 0. The molecule has 3 N–H and O–H groups in total. The van der Waals surface area contributed by atoms with Crippen LogP contribution in [0.5, 0.6) is 5.75 Å². The van der Waals surface area contributed by atoms with Crippen LogP contribution in [0.1, 0.15) is 24.0 Å². The van der Waals surface area contributed by atoms with Gasteiger partial charge in [-0.3, -0.25) is 4.79 Å². The van der Waals surface area contributed by atoms with Crippen molar-refractivity contribution < 1.29 is 14.6 Å². The Morgan fingerprint density at radius 1 is 1.53 bits per heavy atom. The van der Waals surface area contributed by atoms with Crippen molar-refractivity contribution in [2.75, 3.05) is 7.11 Å². The molecule has 0 bridgehead atoms. The molecule has 0 spiro atoms. The molecular formula is C13H19NO3. The van der Waals surface area contributed by atoms with Gasteiger partial charge < -0.3 is 15.6 Å². The van der Waals surface area contributed by atoms with Gasteiger partial charge in [0.15, 0.2) is 0 Å². The first-order chi connectivity index (χ1) is 8.04. The lowest BCUT2D eigenvalue weighted by atomic mass is 10.00. The van der Waals surface area contributed by atoms with E-state index in [1.165, 1.54) is 0 Å². The lowest BCUT2D eigenvalue weighted by Crippen LogP contribution is -2.24. The molecular weight excluding hydrogens is 218 g/mol. The van der Waals surface area contributed by atoms with Crippen LogP contribution in [0.25, 0.3) is 0 Å². The van der Waals surface area contributed by atoms with E-state index >= 15 is 0 Å². The van der Waals surface area contributed by atoms with Crippen LogP contribution in [0.15, 0.2) is 18.2 Å². The number of hydrogen-bond donors (Lipinski definition) is 2. The molecule has 94 valence electrons. The van der Waals surface area contributed by atoms with E-state index in [4.69, 9.17) is 15.6 Å². The Bertz CT molecular complexity index is 390. The number of methoxy groups -OCH3 is 1. The minimum atomic E-state index is -0.809. The van der Waals surface area contributed by atoms with Crippen LogP contribution in [0.3, 0.4) is 0 Å². The highest BCUT2D eigenvalue weighted by Crippen LogP contribution is 2.24. The van der Waals surface area contributed by atoms with Crippen LogP contribution in [0.4, 0.5) is 0 Å². The second-order valence-electron chi connectivity index (χ2n) is 4.16. The van der Waals surface area contributed by atoms with Crippen LogP contribution in [-0.2, 0) is 11.2 Å². The maximum atomic E-state index is 10.5. The third-order valence-electron chi connectivity index (χ3n) is 2.71. The summed E-state index contributed by atoms with van der Waals surface area (Å²) in [6.07, 6.45) is 1.22. The number of nitrogens with two attached hydrogens (primary N) is 1. The van der Waals surface area contributed by atoms with E-state index in [0.29, 0.717) is 12.8 Å². The fraction of sp³-hybridized carbons (Fsp3) is 0.462. The van der Waals surface area contributed by atoms with E-state index in [9.17, 15) is 4.79 Å². The van der Waals surface area contributed by atoms with Crippen LogP contribution in [-0.4, -0.2) is 24.2 Å². The minimum absolute atomic E-state index is 0.106. The molecule has 0 saturated carbocycles. The predicted molar refractivity (Wildman–Crippen MR) is 66.3 cm³/mol. The van der Waals surface area contributed by atoms with Crippen LogP contribution in [0, 0.1) is 6.92 Å². The molecule has 4 heteroatoms. The molecule has 1 aromatic rings. The van der Waals surface area contributed by atoms with Crippen LogP contribution < -0.4 is 10.5 Å². The van der Waals surface area contributed by atoms with Crippen molar-refractivity contribution in [3.8, 4) is 5.75 Å². The van der Waals surface area contributed by atoms with Gasteiger partial charge >= 0.3 is 5.97 Å². The Kier molecular flexibility index (Phi) is 4.97. The summed E-state index contributed by atoms with van der Waals surface area (Å²) < 4.78 is 5.33. The number of benzene rings is 1. The van der Waals surface area contributed by atoms with Crippen molar-refractivity contribution in [1.29, 1.82) is 0 Å². The Balaban J connectivity index is 2.67. The lowest BCUT2D eigenvalue weighted by molar-refractivity contribution is -0.137. The van der Waals surface area contributed by atoms with E-state index in [1.54, 1.807) is 7.11 Å². The number of carbonyl (C=O) groups is 1. The van der Waals surface area contributed by atoms with E-state index in [-0.39, 0.29) is 12.5 Å². The number of carboxylic acid groups (broad SMARTS) is 1. The fourth-order valence-electron chi connectivity index (χ4n) is 1.86. The summed E-state index contributed by atoms with van der Waals surface area (Å²) in [5.74, 6) is 0.0370. The average Bonchev–Trinajstić information content (AvgIpc) is 2.27. The largest absolute Gasteiger partial charge is 0.496 e. The zero-order valence-corrected chi connectivity index (χ0v) is 10.3. The molecule has 0 amide bonds. The zero-order chi connectivity index (χ0) is 12.8. The van der Waals surface area contributed by atoms with Gasteiger partial charge in [-0.25, -0.2) is 0 Å². The maximum absolute atomic E-state index is 10.5. The van der Waals surface area contributed by atoms with Gasteiger partial charge in [0.1, 0.15) is 5.75 Å². The van der Waals surface area contributed by atoms with Gasteiger partial charge in [0.05, 0.1) is 7.11 Å². The van der Waals surface area contributed by atoms with Crippen molar-refractivity contribution in [3.63, 3.8) is 0 Å². The number of carboxylic acids is 1. The molecule has 0 aliphatic heterocycles. The predicted octanol–water partition coefficient (Wildman–Crippen LogP) is 1.74. The SMILES string of the molecule is COc1c(C)cccc1CC(N)CCC(=O)O. The Labute approximate surface area is 101 Å². The quantitative estimate of drug-likeness (QED) is 0.790. The second-order valence-corrected chi connectivity index (χ2v) is 4.16. The molecule has 1 atom stereocenters. The summed E-state index contributed by atoms with van der Waals surface area (Å²) in [6, 6.07) is 5.75. The van der Waals surface area contributed by atoms with E-state index < -0.39 is 5.97 Å². The van der Waals surface area contributed by atoms with E-state index in [2.05, 4.69) is 0 Å². The number of para-hydroxylation sites is 1. The van der Waals surface area contributed by atoms with Crippen molar-refractivity contribution in [3.05, 3.63) is 29.3 Å². The van der Waals surface area contributed by atoms with Gasteiger partial charge in [-0.2, -0.15) is 0 Å². The summed E-state index contributed by atoms with van der Waals surface area (Å²) in [5.41, 5.74) is 8.01. The van der Waals surface area contributed by atoms with Crippen LogP contribution >= 0.6 is 0 Å². The summed E-state index contributed by atoms with van der Waals surface area (Å²) in [7, 11) is 1.63. The molecule has 0 aliphatic carbocycles. The third-order valence-corrected chi connectivity index (χ3v) is 2.71. The van der Waals surface area contributed by atoms with Crippen molar-refractivity contribution in [1.82, 2.24) is 0 Å². The summed E-state index contributed by atoms with van der Waals surface area (Å²) in [6.45, 7) is 1.98. The highest BCUT2D eigenvalue weighted by atomic mass is 16.5. The molecule has 1 aromatic carbocycles. The van der Waals surface area contributed by atoms with Crippen molar-refractivity contribution >= 4 is 5.97 Å². The minimum Gasteiger partial charge on any atom is -0.496 e. The molecule has 0 fully saturated rings. The Morgan fingerprint density at radius 3 is 2.82 bits per heavy atom. The monoisotopic (exact) mass is 237 g/mol. The number of ether oxygens (including phenoxy) is 1. The number of aliphatic carboxylic acids is 1. The number of hydrogen-bond acceptors (Lipinski definition) is 3. The molecule has 0 saturated heterocycles. The lowest BCUT2D eigenvalue weighted by Gasteiger charge is -2.15. The highest BCUT2D eigenvalue weighted by molar-refractivity contribution is 5.66. The number of rotatable bonds is 6. The topological polar surface area (TPSA) is 72.5 Å². The molecule has 1 rings (SSSR count). The van der Waals surface area contributed by atoms with Gasteiger partial charge in [-0.05, 0) is 30.9 Å². The van der Waals surface area contributed by atoms with Gasteiger partial charge in [0.25, 0.3) is 0 Å². The second kappa shape index (κ2) is 6.25. The Hall–Kier alpha value is -1.55. The summed E-state index contributed by atoms with van der Waals surface area (Å²) in [5, 5.41) is 8.59. The molecule has 0 radical (unpaired) electrons. The molecule has 1 unspecified atom stereocenters. The van der Waals surface area contributed by atoms with Crippen molar-refractivity contribution in [2.24, 2.45) is 5.73 Å². The standard InChI is InChI=1S/C13H19NO3/c1-9-4-3-5-10(13(9)17-2)8-11(14)6-7-12(15)16/h3-5,11H,6-8,14H2,1-2H3,(H,15,16). The van der Waals surface area contributed by atoms with Gasteiger partial charge in [0.2, 0.25) is 0 Å². The maximum Gasteiger partial charge on any atom is 0.303 e. The first-order valence-corrected chi connectivity index (χ1v) is 5.64. The van der Waals surface area contributed by atoms with E-state index in [1.807, 2.05) is 25.1 Å². The fourth-order valence-corrected chi connectivity index (χ4v) is 1.86. The smallest absolute Gasteiger partial charge is 0.303 e. The Morgan fingerprint density at radius 2 is 2.24 bits per heavy atom. The average molecular weight is 237 g/mol. The number of aryl methyl sites for hydroxylation is 1. The first-order valence-electron chi connectivity index (χ1n) is 5.64. The van der Waals surface area contributed by atoms with Gasteiger partial charge in [-0.1, -0.05) is 18.2 Å². The van der Waals surface area contributed by atoms with Gasteiger partial charge in [0, 0.05) is 12.5 Å². The molecule has 0 aromatic heterocycles. The highest BCUT2D eigenvalue weighted by Gasteiger charge is 2.11. The zero-order valence-electron chi connectivity index (χ0n) is 10.3. The summed E-state index contributed by atoms with van der Waals surface area (Å²) in [4.78, 5) is 10.5. The third kappa shape index (κ3) is 4.07. The molecule has 4 nitrogen and oxygen atoms in total. The van der Waals surface area contributed by atoms with Crippen LogP contribution in [0.2, 0.25) is 0 Å². The molecule has 0 heterocycles. The van der Waals surface area contributed by atoms with E-state index in [0.717, 1.165) is 16.9 Å². The normalized spacial score (nSPS) is 12.2. The van der Waals surface area contributed by atoms with Crippen molar-refractivity contribution in [2.45, 2.75) is 32.2 Å². The first kappa shape index (κ1) is 13.5. The van der Waals surface area contributed by atoms with Gasteiger partial charge in [-0.15, -0.1) is 0 Å². The molecule has 0 aliphatic rings. The molecule has 17 heavy (non-hydrogen) atoms.